The molecule has 0 amide bonds. The Kier molecular flexibility index (Phi) is 6.82. The highest BCUT2D eigenvalue weighted by molar-refractivity contribution is 9.10. The summed E-state index contributed by atoms with van der Waals surface area (Å²) in [5, 5.41) is 3.90. The van der Waals surface area contributed by atoms with E-state index in [0.29, 0.717) is 22.7 Å². The van der Waals surface area contributed by atoms with E-state index in [1.807, 2.05) is 30.3 Å². The van der Waals surface area contributed by atoms with Crippen molar-refractivity contribution in [1.82, 2.24) is 5.16 Å². The minimum atomic E-state index is 0.443. The predicted octanol–water partition coefficient (Wildman–Crippen LogP) is 4.88. The number of hydrogen-bond acceptors (Lipinski definition) is 5. The van der Waals surface area contributed by atoms with Gasteiger partial charge in [0.25, 0.3) is 5.88 Å². The molecular formula is C15H17BrN2O2S. The van der Waals surface area contributed by atoms with Gasteiger partial charge in [0.15, 0.2) is 5.76 Å². The van der Waals surface area contributed by atoms with Crippen LogP contribution in [0, 0.1) is 0 Å². The zero-order chi connectivity index (χ0) is 14.9. The van der Waals surface area contributed by atoms with E-state index >= 15 is 0 Å². The molecule has 0 aliphatic rings. The molecule has 21 heavy (non-hydrogen) atoms. The minimum Gasteiger partial charge on any atom is -0.470 e. The molecule has 0 fully saturated rings. The van der Waals surface area contributed by atoms with Crippen molar-refractivity contribution in [2.75, 3.05) is 5.75 Å². The summed E-state index contributed by atoms with van der Waals surface area (Å²) in [4.78, 5) is 0. The van der Waals surface area contributed by atoms with Gasteiger partial charge >= 0.3 is 0 Å². The van der Waals surface area contributed by atoms with Gasteiger partial charge in [-0.25, -0.2) is 4.40 Å². The topological polar surface area (TPSA) is 47.6 Å². The average Bonchev–Trinajstić information content (AvgIpc) is 2.87. The van der Waals surface area contributed by atoms with E-state index < -0.39 is 0 Å². The highest BCUT2D eigenvalue weighted by Gasteiger charge is 2.13. The van der Waals surface area contributed by atoms with Crippen LogP contribution in [-0.4, -0.2) is 17.1 Å². The Balaban J connectivity index is 1.88. The van der Waals surface area contributed by atoms with E-state index in [1.54, 1.807) is 6.21 Å². The number of hydrogen-bond donors (Lipinski definition) is 0. The lowest BCUT2D eigenvalue weighted by Crippen LogP contribution is -1.95. The van der Waals surface area contributed by atoms with E-state index in [4.69, 9.17) is 9.26 Å². The summed E-state index contributed by atoms with van der Waals surface area (Å²) >= 11 is 4.95. The van der Waals surface area contributed by atoms with Gasteiger partial charge in [-0.15, -0.1) is 0 Å². The third-order valence-corrected chi connectivity index (χ3v) is 4.14. The highest BCUT2D eigenvalue weighted by atomic mass is 79.9. The van der Waals surface area contributed by atoms with Crippen LogP contribution in [0.4, 0.5) is 0 Å². The Morgan fingerprint density at radius 3 is 2.95 bits per heavy atom. The Morgan fingerprint density at radius 2 is 2.19 bits per heavy atom. The first-order valence-corrected chi connectivity index (χ1v) is 8.52. The van der Waals surface area contributed by atoms with Crippen LogP contribution in [0.1, 0.15) is 31.1 Å². The summed E-state index contributed by atoms with van der Waals surface area (Å²) in [5.74, 6) is 2.02. The second-order valence-corrected chi connectivity index (χ2v) is 6.03. The van der Waals surface area contributed by atoms with E-state index in [2.05, 4.69) is 32.4 Å². The zero-order valence-corrected chi connectivity index (χ0v) is 14.2. The Labute approximate surface area is 137 Å². The van der Waals surface area contributed by atoms with Crippen LogP contribution >= 0.6 is 27.9 Å². The van der Waals surface area contributed by atoms with Gasteiger partial charge in [0.05, 0.1) is 6.21 Å². The van der Waals surface area contributed by atoms with Crippen molar-refractivity contribution in [3.8, 4) is 5.88 Å². The van der Waals surface area contributed by atoms with Gasteiger partial charge in [-0.05, 0) is 45.0 Å². The number of nitrogens with zero attached hydrogens (tertiary/aromatic N) is 2. The molecule has 0 saturated carbocycles. The summed E-state index contributed by atoms with van der Waals surface area (Å²) in [6, 6.07) is 9.92. The molecule has 0 radical (unpaired) electrons. The zero-order valence-electron chi connectivity index (χ0n) is 11.8. The molecule has 0 aliphatic heterocycles. The first-order valence-electron chi connectivity index (χ1n) is 6.78. The maximum atomic E-state index is 5.63. The quantitative estimate of drug-likeness (QED) is 0.378. The predicted molar refractivity (Wildman–Crippen MR) is 89.9 cm³/mol. The summed E-state index contributed by atoms with van der Waals surface area (Å²) in [7, 11) is 0. The van der Waals surface area contributed by atoms with Crippen molar-refractivity contribution in [3.63, 3.8) is 0 Å². The summed E-state index contributed by atoms with van der Waals surface area (Å²) in [6.45, 7) is 2.61. The van der Waals surface area contributed by atoms with Gasteiger partial charge < -0.3 is 9.26 Å². The third-order valence-electron chi connectivity index (χ3n) is 2.68. The van der Waals surface area contributed by atoms with Gasteiger partial charge in [0.1, 0.15) is 11.1 Å². The summed E-state index contributed by atoms with van der Waals surface area (Å²) in [6.07, 6.45) is 3.99. The van der Waals surface area contributed by atoms with Crippen molar-refractivity contribution in [1.29, 1.82) is 0 Å². The first kappa shape index (κ1) is 16.1. The first-order chi connectivity index (χ1) is 10.3. The minimum absolute atomic E-state index is 0.443. The van der Waals surface area contributed by atoms with Crippen LogP contribution in [0.5, 0.6) is 5.88 Å². The smallest absolute Gasteiger partial charge is 0.269 e. The molecular weight excluding hydrogens is 352 g/mol. The molecule has 0 N–H and O–H groups in total. The van der Waals surface area contributed by atoms with Crippen molar-refractivity contribution >= 4 is 34.1 Å². The fourth-order valence-corrected chi connectivity index (χ4v) is 2.57. The maximum absolute atomic E-state index is 5.63. The standard InChI is InChI=1S/C15H17BrN2O2S/c1-2-3-9-21-17-10-13-14(16)15(18-20-13)19-11-12-7-5-4-6-8-12/h4-8,10H,2-3,9,11H2,1H3. The molecule has 112 valence electrons. The molecule has 2 rings (SSSR count). The average molecular weight is 369 g/mol. The fourth-order valence-electron chi connectivity index (χ4n) is 1.52. The fraction of sp³-hybridized carbons (Fsp3) is 0.333. The molecule has 1 heterocycles. The van der Waals surface area contributed by atoms with Crippen LogP contribution in [0.25, 0.3) is 0 Å². The largest absolute Gasteiger partial charge is 0.470 e. The maximum Gasteiger partial charge on any atom is 0.269 e. The Hall–Kier alpha value is -1.27. The molecule has 0 unspecified atom stereocenters. The molecule has 0 bridgehead atoms. The number of aromatic nitrogens is 1. The van der Waals surface area contributed by atoms with E-state index in [9.17, 15) is 0 Å². The second kappa shape index (κ2) is 8.89. The van der Waals surface area contributed by atoms with Crippen LogP contribution in [0.15, 0.2) is 43.7 Å². The van der Waals surface area contributed by atoms with E-state index in [0.717, 1.165) is 17.7 Å². The van der Waals surface area contributed by atoms with Crippen molar-refractivity contribution in [2.45, 2.75) is 26.4 Å². The van der Waals surface area contributed by atoms with Gasteiger partial charge in [-0.3, -0.25) is 0 Å². The van der Waals surface area contributed by atoms with Crippen LogP contribution in [0.3, 0.4) is 0 Å². The monoisotopic (exact) mass is 368 g/mol. The second-order valence-electron chi connectivity index (χ2n) is 4.36. The Morgan fingerprint density at radius 1 is 1.38 bits per heavy atom. The van der Waals surface area contributed by atoms with E-state index in [-0.39, 0.29) is 0 Å². The number of unbranched alkanes of at least 4 members (excludes halogenated alkanes) is 1. The highest BCUT2D eigenvalue weighted by Crippen LogP contribution is 2.27. The lowest BCUT2D eigenvalue weighted by atomic mass is 10.2. The molecule has 4 nitrogen and oxygen atoms in total. The van der Waals surface area contributed by atoms with Crippen LogP contribution < -0.4 is 4.74 Å². The van der Waals surface area contributed by atoms with Gasteiger partial charge in [0.2, 0.25) is 0 Å². The SMILES string of the molecule is CCCCSN=Cc1onc(OCc2ccccc2)c1Br. The van der Waals surface area contributed by atoms with Gasteiger partial charge in [0, 0.05) is 5.75 Å². The lowest BCUT2D eigenvalue weighted by molar-refractivity contribution is 0.268. The number of ether oxygens (including phenoxy) is 1. The molecule has 0 atom stereocenters. The molecule has 0 saturated heterocycles. The van der Waals surface area contributed by atoms with Gasteiger partial charge in [-0.1, -0.05) is 43.7 Å². The lowest BCUT2D eigenvalue weighted by Gasteiger charge is -2.02. The molecule has 6 heteroatoms. The summed E-state index contributed by atoms with van der Waals surface area (Å²) in [5.41, 5.74) is 1.08. The van der Waals surface area contributed by atoms with E-state index in [1.165, 1.54) is 18.4 Å². The van der Waals surface area contributed by atoms with Crippen molar-refractivity contribution < 1.29 is 9.26 Å². The Bertz CT molecular complexity index is 572. The summed E-state index contributed by atoms with van der Waals surface area (Å²) < 4.78 is 15.8. The molecule has 2 aromatic rings. The van der Waals surface area contributed by atoms with Crippen molar-refractivity contribution in [2.24, 2.45) is 4.40 Å². The van der Waals surface area contributed by atoms with Crippen molar-refractivity contribution in [3.05, 3.63) is 46.1 Å². The number of rotatable bonds is 8. The number of halogens is 1. The molecule has 1 aromatic heterocycles. The normalized spacial score (nSPS) is 11.1. The number of benzene rings is 1. The van der Waals surface area contributed by atoms with Crippen LogP contribution in [0.2, 0.25) is 0 Å². The molecule has 0 aliphatic carbocycles. The molecule has 0 spiro atoms. The molecule has 1 aromatic carbocycles. The van der Waals surface area contributed by atoms with Crippen LogP contribution in [-0.2, 0) is 6.61 Å². The third kappa shape index (κ3) is 5.21. The van der Waals surface area contributed by atoms with Gasteiger partial charge in [-0.2, -0.15) is 0 Å².